The van der Waals surface area contributed by atoms with E-state index in [0.717, 1.165) is 25.0 Å². The van der Waals surface area contributed by atoms with Gasteiger partial charge in [-0.05, 0) is 73.6 Å². The van der Waals surface area contributed by atoms with E-state index < -0.39 is 0 Å². The second kappa shape index (κ2) is 11.8. The predicted molar refractivity (Wildman–Crippen MR) is 121 cm³/mol. The number of amides is 2. The monoisotopic (exact) mass is 413 g/mol. The van der Waals surface area contributed by atoms with Crippen LogP contribution in [0.15, 0.2) is 48.5 Å². The highest BCUT2D eigenvalue weighted by Crippen LogP contribution is 2.15. The third-order valence-electron chi connectivity index (χ3n) is 4.01. The number of rotatable bonds is 9. The first kappa shape index (κ1) is 22.4. The first-order valence-electron chi connectivity index (χ1n) is 9.77. The molecule has 0 heterocycles. The fourth-order valence-electron chi connectivity index (χ4n) is 2.46. The van der Waals surface area contributed by atoms with Crippen molar-refractivity contribution in [3.05, 3.63) is 54.1 Å². The maximum atomic E-state index is 12.3. The fourth-order valence-corrected chi connectivity index (χ4v) is 2.67. The minimum Gasteiger partial charge on any atom is -0.494 e. The minimum absolute atomic E-state index is 0.0159. The molecule has 29 heavy (non-hydrogen) atoms. The van der Waals surface area contributed by atoms with E-state index in [-0.39, 0.29) is 16.9 Å². The Morgan fingerprint density at radius 1 is 0.897 bits per heavy atom. The summed E-state index contributed by atoms with van der Waals surface area (Å²) in [4.78, 5) is 23.9. The molecule has 0 saturated carbocycles. The fraction of sp³-hybridized carbons (Fsp3) is 0.318. The van der Waals surface area contributed by atoms with E-state index >= 15 is 0 Å². The number of ether oxygens (including phenoxy) is 1. The smallest absolute Gasteiger partial charge is 0.257 e. The Labute approximate surface area is 177 Å². The topological polar surface area (TPSA) is 79.5 Å². The standard InChI is InChI=1S/C22H27N3O3S/c1-3-5-15-28-19-13-7-16(8-14-19)21(27)25-22(29)24-18-11-9-17(10-12-18)23-20(26)6-4-2/h7-14H,3-6,15H2,1-2H3,(H,23,26)(H2,24,25,27,29). The zero-order valence-electron chi connectivity index (χ0n) is 16.8. The number of carbonyl (C=O) groups excluding carboxylic acids is 2. The maximum absolute atomic E-state index is 12.3. The van der Waals surface area contributed by atoms with Gasteiger partial charge in [-0.3, -0.25) is 14.9 Å². The zero-order chi connectivity index (χ0) is 21.1. The number of carbonyl (C=O) groups is 2. The van der Waals surface area contributed by atoms with Crippen LogP contribution in [-0.4, -0.2) is 23.5 Å². The summed E-state index contributed by atoms with van der Waals surface area (Å²) < 4.78 is 5.59. The molecular formula is C22H27N3O3S. The molecule has 3 N–H and O–H groups in total. The normalized spacial score (nSPS) is 10.1. The molecule has 6 nitrogen and oxygen atoms in total. The van der Waals surface area contributed by atoms with Gasteiger partial charge in [0.25, 0.3) is 5.91 Å². The van der Waals surface area contributed by atoms with Gasteiger partial charge in [0, 0.05) is 23.4 Å². The highest BCUT2D eigenvalue weighted by Gasteiger charge is 2.09. The van der Waals surface area contributed by atoms with Crippen molar-refractivity contribution in [1.82, 2.24) is 5.32 Å². The van der Waals surface area contributed by atoms with Crippen molar-refractivity contribution >= 4 is 40.5 Å². The van der Waals surface area contributed by atoms with Crippen LogP contribution in [0.1, 0.15) is 49.9 Å². The molecule has 0 aliphatic heterocycles. The van der Waals surface area contributed by atoms with Crippen LogP contribution in [0, 0.1) is 0 Å². The Morgan fingerprint density at radius 3 is 2.10 bits per heavy atom. The van der Waals surface area contributed by atoms with Crippen LogP contribution in [0.5, 0.6) is 5.75 Å². The van der Waals surface area contributed by atoms with Crippen LogP contribution in [0.2, 0.25) is 0 Å². The van der Waals surface area contributed by atoms with Crippen molar-refractivity contribution in [2.45, 2.75) is 39.5 Å². The van der Waals surface area contributed by atoms with Crippen molar-refractivity contribution in [2.75, 3.05) is 17.2 Å². The second-order valence-corrected chi connectivity index (χ2v) is 6.92. The first-order valence-corrected chi connectivity index (χ1v) is 10.2. The second-order valence-electron chi connectivity index (χ2n) is 6.51. The molecule has 0 aliphatic carbocycles. The van der Waals surface area contributed by atoms with Gasteiger partial charge in [-0.2, -0.15) is 0 Å². The summed E-state index contributed by atoms with van der Waals surface area (Å²) in [6, 6.07) is 14.1. The predicted octanol–water partition coefficient (Wildman–Crippen LogP) is 4.73. The molecule has 2 amide bonds. The van der Waals surface area contributed by atoms with Crippen LogP contribution in [0.25, 0.3) is 0 Å². The van der Waals surface area contributed by atoms with Crippen molar-refractivity contribution in [1.29, 1.82) is 0 Å². The highest BCUT2D eigenvalue weighted by molar-refractivity contribution is 7.80. The van der Waals surface area contributed by atoms with Crippen molar-refractivity contribution in [2.24, 2.45) is 0 Å². The van der Waals surface area contributed by atoms with Crippen molar-refractivity contribution in [3.63, 3.8) is 0 Å². The molecule has 2 rings (SSSR count). The molecule has 0 spiro atoms. The Bertz CT molecular complexity index is 820. The molecule has 0 unspecified atom stereocenters. The molecule has 0 saturated heterocycles. The van der Waals surface area contributed by atoms with Gasteiger partial charge in [0.05, 0.1) is 6.61 Å². The number of unbranched alkanes of at least 4 members (excludes halogenated alkanes) is 1. The maximum Gasteiger partial charge on any atom is 0.257 e. The number of anilines is 2. The summed E-state index contributed by atoms with van der Waals surface area (Å²) in [7, 11) is 0. The van der Waals surface area contributed by atoms with Gasteiger partial charge in [0.2, 0.25) is 5.91 Å². The van der Waals surface area contributed by atoms with Crippen LogP contribution in [0.3, 0.4) is 0 Å². The molecule has 2 aromatic carbocycles. The molecular weight excluding hydrogens is 386 g/mol. The average Bonchev–Trinajstić information content (AvgIpc) is 2.70. The van der Waals surface area contributed by atoms with Crippen LogP contribution < -0.4 is 20.7 Å². The van der Waals surface area contributed by atoms with E-state index in [9.17, 15) is 9.59 Å². The molecule has 7 heteroatoms. The Kier molecular flexibility index (Phi) is 9.11. The van der Waals surface area contributed by atoms with Crippen LogP contribution in [-0.2, 0) is 4.79 Å². The number of thiocarbonyl (C=S) groups is 1. The number of hydrogen-bond donors (Lipinski definition) is 3. The SMILES string of the molecule is CCCCOc1ccc(C(=O)NC(=S)Nc2ccc(NC(=O)CCC)cc2)cc1. The number of nitrogens with one attached hydrogen (secondary N) is 3. The van der Waals surface area contributed by atoms with Gasteiger partial charge >= 0.3 is 0 Å². The third-order valence-corrected chi connectivity index (χ3v) is 4.22. The Hall–Kier alpha value is -2.93. The number of benzene rings is 2. The lowest BCUT2D eigenvalue weighted by Gasteiger charge is -2.11. The largest absolute Gasteiger partial charge is 0.494 e. The molecule has 0 atom stereocenters. The molecule has 0 aliphatic rings. The van der Waals surface area contributed by atoms with E-state index in [1.54, 1.807) is 48.5 Å². The van der Waals surface area contributed by atoms with Crippen LogP contribution in [0.4, 0.5) is 11.4 Å². The zero-order valence-corrected chi connectivity index (χ0v) is 17.6. The summed E-state index contributed by atoms with van der Waals surface area (Å²) in [5.41, 5.74) is 1.92. The highest BCUT2D eigenvalue weighted by atomic mass is 32.1. The lowest BCUT2D eigenvalue weighted by molar-refractivity contribution is -0.116. The van der Waals surface area contributed by atoms with E-state index in [0.29, 0.717) is 30.0 Å². The summed E-state index contributed by atoms with van der Waals surface area (Å²) in [6.07, 6.45) is 3.35. The van der Waals surface area contributed by atoms with Gasteiger partial charge < -0.3 is 15.4 Å². The summed E-state index contributed by atoms with van der Waals surface area (Å²) in [6.45, 7) is 4.72. The van der Waals surface area contributed by atoms with E-state index in [1.807, 2.05) is 6.92 Å². The van der Waals surface area contributed by atoms with Gasteiger partial charge in [0.15, 0.2) is 5.11 Å². The molecule has 0 radical (unpaired) electrons. The Balaban J connectivity index is 1.83. The Morgan fingerprint density at radius 2 is 1.52 bits per heavy atom. The van der Waals surface area contributed by atoms with Gasteiger partial charge in [-0.15, -0.1) is 0 Å². The summed E-state index contributed by atoms with van der Waals surface area (Å²) in [5.74, 6) is 0.422. The van der Waals surface area contributed by atoms with Crippen LogP contribution >= 0.6 is 12.2 Å². The summed E-state index contributed by atoms with van der Waals surface area (Å²) in [5, 5.41) is 8.62. The third kappa shape index (κ3) is 7.91. The molecule has 0 aromatic heterocycles. The quantitative estimate of drug-likeness (QED) is 0.409. The van der Waals surface area contributed by atoms with E-state index in [4.69, 9.17) is 17.0 Å². The molecule has 154 valence electrons. The minimum atomic E-state index is -0.300. The molecule has 2 aromatic rings. The van der Waals surface area contributed by atoms with E-state index in [2.05, 4.69) is 22.9 Å². The van der Waals surface area contributed by atoms with Gasteiger partial charge in [-0.1, -0.05) is 20.3 Å². The number of hydrogen-bond acceptors (Lipinski definition) is 4. The molecule has 0 fully saturated rings. The van der Waals surface area contributed by atoms with Gasteiger partial charge in [0.1, 0.15) is 5.75 Å². The van der Waals surface area contributed by atoms with Gasteiger partial charge in [-0.25, -0.2) is 0 Å². The lowest BCUT2D eigenvalue weighted by atomic mass is 10.2. The van der Waals surface area contributed by atoms with E-state index in [1.165, 1.54) is 0 Å². The summed E-state index contributed by atoms with van der Waals surface area (Å²) >= 11 is 5.21. The van der Waals surface area contributed by atoms with Crippen molar-refractivity contribution in [3.8, 4) is 5.75 Å². The molecule has 0 bridgehead atoms. The average molecular weight is 414 g/mol. The lowest BCUT2D eigenvalue weighted by Crippen LogP contribution is -2.34. The first-order chi connectivity index (χ1) is 14.0. The van der Waals surface area contributed by atoms with Crippen molar-refractivity contribution < 1.29 is 14.3 Å².